The van der Waals surface area contributed by atoms with Crippen molar-refractivity contribution in [3.8, 4) is 0 Å². The van der Waals surface area contributed by atoms with Crippen LogP contribution in [-0.4, -0.2) is 35.6 Å². The molecule has 0 bridgehead atoms. The quantitative estimate of drug-likeness (QED) is 0.571. The molecule has 1 aromatic carbocycles. The van der Waals surface area contributed by atoms with Gasteiger partial charge in [0.25, 0.3) is 5.22 Å². The Balaban J connectivity index is 2.09. The first kappa shape index (κ1) is 17.3. The minimum atomic E-state index is -0.570. The number of carbonyl (C=O) groups excluding carboxylic acids is 2. The number of rotatable bonds is 8. The van der Waals surface area contributed by atoms with Gasteiger partial charge in [-0.15, -0.1) is 0 Å². The van der Waals surface area contributed by atoms with Gasteiger partial charge in [-0.25, -0.2) is 4.98 Å². The zero-order valence-corrected chi connectivity index (χ0v) is 14.1. The van der Waals surface area contributed by atoms with Gasteiger partial charge in [0.15, 0.2) is 5.58 Å². The van der Waals surface area contributed by atoms with Crippen LogP contribution in [0.5, 0.6) is 0 Å². The van der Waals surface area contributed by atoms with Crippen LogP contribution in [0.25, 0.3) is 11.1 Å². The normalized spacial score (nSPS) is 12.1. The molecule has 0 saturated carbocycles. The van der Waals surface area contributed by atoms with E-state index in [1.807, 2.05) is 24.3 Å². The third-order valence-electron chi connectivity index (χ3n) is 3.29. The van der Waals surface area contributed by atoms with Crippen LogP contribution in [0.3, 0.4) is 0 Å². The predicted molar refractivity (Wildman–Crippen MR) is 90.3 cm³/mol. The Hall–Kier alpha value is -2.02. The fourth-order valence-electron chi connectivity index (χ4n) is 1.98. The number of aromatic nitrogens is 1. The van der Waals surface area contributed by atoms with Gasteiger partial charge in [0.05, 0.1) is 0 Å². The molecule has 0 aliphatic carbocycles. The summed E-state index contributed by atoms with van der Waals surface area (Å²) in [7, 11) is 1.55. The van der Waals surface area contributed by atoms with Gasteiger partial charge < -0.3 is 15.1 Å². The van der Waals surface area contributed by atoms with Gasteiger partial charge in [0.2, 0.25) is 11.8 Å². The highest BCUT2D eigenvalue weighted by atomic mass is 32.2. The van der Waals surface area contributed by atoms with Crippen molar-refractivity contribution in [2.75, 3.05) is 13.6 Å². The first-order valence-corrected chi connectivity index (χ1v) is 8.52. The van der Waals surface area contributed by atoms with Crippen LogP contribution >= 0.6 is 11.8 Å². The van der Waals surface area contributed by atoms with Crippen LogP contribution in [-0.2, 0) is 9.59 Å². The van der Waals surface area contributed by atoms with Crippen LogP contribution in [0.4, 0.5) is 0 Å². The lowest BCUT2D eigenvalue weighted by Gasteiger charge is -2.13. The molecule has 2 N–H and O–H groups in total. The molecule has 0 spiro atoms. The number of nitrogens with zero attached hydrogens (tertiary/aromatic N) is 1. The lowest BCUT2D eigenvalue weighted by molar-refractivity contribution is -0.125. The summed E-state index contributed by atoms with van der Waals surface area (Å²) in [6.07, 6.45) is 1.99. The summed E-state index contributed by atoms with van der Waals surface area (Å²) in [5.74, 6) is -0.362. The lowest BCUT2D eigenvalue weighted by atomic mass is 10.2. The summed E-state index contributed by atoms with van der Waals surface area (Å²) in [6.45, 7) is 2.66. The highest BCUT2D eigenvalue weighted by Crippen LogP contribution is 2.28. The summed E-state index contributed by atoms with van der Waals surface area (Å²) in [4.78, 5) is 28.3. The van der Waals surface area contributed by atoms with Gasteiger partial charge in [-0.2, -0.15) is 0 Å². The number of amides is 2. The molecule has 0 fully saturated rings. The van der Waals surface area contributed by atoms with Crippen molar-refractivity contribution in [2.45, 2.75) is 36.7 Å². The Morgan fingerprint density at radius 2 is 2.13 bits per heavy atom. The molecule has 0 aliphatic heterocycles. The van der Waals surface area contributed by atoms with E-state index in [-0.39, 0.29) is 18.2 Å². The third-order valence-corrected chi connectivity index (χ3v) is 4.33. The third kappa shape index (κ3) is 4.99. The maximum atomic E-state index is 12.3. The number of carbonyl (C=O) groups is 2. The Kier molecular flexibility index (Phi) is 6.46. The number of unbranched alkanes of at least 4 members (excludes halogenated alkanes) is 1. The molecule has 1 atom stereocenters. The van der Waals surface area contributed by atoms with Crippen LogP contribution in [0.1, 0.15) is 26.2 Å². The van der Waals surface area contributed by atoms with Gasteiger partial charge in [0.1, 0.15) is 10.8 Å². The first-order valence-electron chi connectivity index (χ1n) is 7.64. The molecule has 124 valence electrons. The Labute approximate surface area is 139 Å². The Bertz CT molecular complexity index is 638. The molecule has 1 aromatic heterocycles. The van der Waals surface area contributed by atoms with Gasteiger partial charge in [0, 0.05) is 20.0 Å². The number of hydrogen-bond donors (Lipinski definition) is 2. The zero-order valence-electron chi connectivity index (χ0n) is 13.3. The first-order chi connectivity index (χ1) is 11.1. The molecule has 2 amide bonds. The SMILES string of the molecule is CCCCNC(=O)C(CC(=O)NC)Sc1nc2ccccc2o1. The Morgan fingerprint density at radius 1 is 1.35 bits per heavy atom. The van der Waals surface area contributed by atoms with Gasteiger partial charge in [-0.3, -0.25) is 9.59 Å². The van der Waals surface area contributed by atoms with Crippen molar-refractivity contribution < 1.29 is 14.0 Å². The van der Waals surface area contributed by atoms with E-state index in [9.17, 15) is 9.59 Å². The monoisotopic (exact) mass is 335 g/mol. The molecule has 23 heavy (non-hydrogen) atoms. The molecule has 2 rings (SSSR count). The molecule has 0 saturated heterocycles. The van der Waals surface area contributed by atoms with Crippen molar-refractivity contribution in [1.82, 2.24) is 15.6 Å². The highest BCUT2D eigenvalue weighted by molar-refractivity contribution is 8.00. The summed E-state index contributed by atoms with van der Waals surface area (Å²) < 4.78 is 5.63. The van der Waals surface area contributed by atoms with Crippen molar-refractivity contribution in [2.24, 2.45) is 0 Å². The Morgan fingerprint density at radius 3 is 2.83 bits per heavy atom. The lowest BCUT2D eigenvalue weighted by Crippen LogP contribution is -2.36. The molecule has 1 unspecified atom stereocenters. The second kappa shape index (κ2) is 8.57. The van der Waals surface area contributed by atoms with E-state index >= 15 is 0 Å². The van der Waals surface area contributed by atoms with E-state index in [0.29, 0.717) is 17.4 Å². The van der Waals surface area contributed by atoms with Gasteiger partial charge in [-0.1, -0.05) is 37.2 Å². The average molecular weight is 335 g/mol. The fourth-order valence-corrected chi connectivity index (χ4v) is 2.94. The van der Waals surface area contributed by atoms with Gasteiger partial charge in [-0.05, 0) is 18.6 Å². The van der Waals surface area contributed by atoms with Crippen LogP contribution in [0, 0.1) is 0 Å². The topological polar surface area (TPSA) is 84.2 Å². The van der Waals surface area contributed by atoms with Crippen LogP contribution in [0.2, 0.25) is 0 Å². The smallest absolute Gasteiger partial charge is 0.257 e. The van der Waals surface area contributed by atoms with E-state index < -0.39 is 5.25 Å². The van der Waals surface area contributed by atoms with E-state index in [1.54, 1.807) is 7.05 Å². The number of nitrogens with one attached hydrogen (secondary N) is 2. The maximum Gasteiger partial charge on any atom is 0.257 e. The van der Waals surface area contributed by atoms with Crippen molar-refractivity contribution >= 4 is 34.7 Å². The zero-order chi connectivity index (χ0) is 16.7. The average Bonchev–Trinajstić information content (AvgIpc) is 2.96. The summed E-state index contributed by atoms with van der Waals surface area (Å²) in [5, 5.41) is 5.23. The predicted octanol–water partition coefficient (Wildman–Crippen LogP) is 2.34. The fraction of sp³-hybridized carbons (Fsp3) is 0.438. The largest absolute Gasteiger partial charge is 0.431 e. The van der Waals surface area contributed by atoms with E-state index in [0.717, 1.165) is 18.4 Å². The molecule has 6 nitrogen and oxygen atoms in total. The van der Waals surface area contributed by atoms with E-state index in [2.05, 4.69) is 22.5 Å². The number of benzene rings is 1. The van der Waals surface area contributed by atoms with Crippen LogP contribution in [0.15, 0.2) is 33.9 Å². The number of oxazole rings is 1. The molecule has 2 aromatic rings. The van der Waals surface area contributed by atoms with Crippen LogP contribution < -0.4 is 10.6 Å². The number of para-hydroxylation sites is 2. The van der Waals surface area contributed by atoms with Crippen molar-refractivity contribution in [1.29, 1.82) is 0 Å². The molecule has 0 aliphatic rings. The summed E-state index contributed by atoms with van der Waals surface area (Å²) >= 11 is 1.17. The molecule has 0 radical (unpaired) electrons. The second-order valence-electron chi connectivity index (χ2n) is 5.08. The minimum absolute atomic E-state index is 0.0812. The van der Waals surface area contributed by atoms with Crippen molar-refractivity contribution in [3.63, 3.8) is 0 Å². The summed E-state index contributed by atoms with van der Waals surface area (Å²) in [6, 6.07) is 7.40. The number of fused-ring (bicyclic) bond motifs is 1. The minimum Gasteiger partial charge on any atom is -0.431 e. The number of hydrogen-bond acceptors (Lipinski definition) is 5. The standard InChI is InChI=1S/C16H21N3O3S/c1-3-4-9-18-15(21)13(10-14(20)17-2)23-16-19-11-7-5-6-8-12(11)22-16/h5-8,13H,3-4,9-10H2,1-2H3,(H,17,20)(H,18,21). The second-order valence-corrected chi connectivity index (χ2v) is 6.23. The summed E-state index contributed by atoms with van der Waals surface area (Å²) in [5.41, 5.74) is 1.40. The number of thioether (sulfide) groups is 1. The molecule has 7 heteroatoms. The molecular formula is C16H21N3O3S. The molecule has 1 heterocycles. The van der Waals surface area contributed by atoms with E-state index in [1.165, 1.54) is 11.8 Å². The molecular weight excluding hydrogens is 314 g/mol. The van der Waals surface area contributed by atoms with E-state index in [4.69, 9.17) is 4.42 Å². The van der Waals surface area contributed by atoms with Gasteiger partial charge >= 0.3 is 0 Å². The van der Waals surface area contributed by atoms with Crippen molar-refractivity contribution in [3.05, 3.63) is 24.3 Å². The highest BCUT2D eigenvalue weighted by Gasteiger charge is 2.25. The maximum absolute atomic E-state index is 12.3.